The van der Waals surface area contributed by atoms with Crippen LogP contribution in [0.25, 0.3) is 5.57 Å². The average molecular weight is 244 g/mol. The fourth-order valence-electron chi connectivity index (χ4n) is 2.43. The molecule has 1 N–H and O–H groups in total. The van der Waals surface area contributed by atoms with Crippen LogP contribution < -0.4 is 5.32 Å². The Labute approximate surface area is 103 Å². The van der Waals surface area contributed by atoms with Gasteiger partial charge < -0.3 is 5.32 Å². The molecule has 82 valence electrons. The Balaban J connectivity index is 0.000000562. The maximum Gasteiger partial charge on any atom is 0.0419 e. The molecule has 0 bridgehead atoms. The maximum absolute atomic E-state index is 3.48. The van der Waals surface area contributed by atoms with Gasteiger partial charge in [-0.1, -0.05) is 18.2 Å². The van der Waals surface area contributed by atoms with Crippen LogP contribution in [0.3, 0.4) is 0 Å². The molecule has 0 atom stereocenters. The summed E-state index contributed by atoms with van der Waals surface area (Å²) >= 11 is 0. The minimum atomic E-state index is 0. The second-order valence-electron chi connectivity index (χ2n) is 3.83. The molecular weight excluding hydrogens is 229 g/mol. The van der Waals surface area contributed by atoms with Crippen molar-refractivity contribution in [1.29, 1.82) is 0 Å². The number of hydrogen-bond donors (Lipinski definition) is 1. The smallest absolute Gasteiger partial charge is 0.0419 e. The lowest BCUT2D eigenvalue weighted by atomic mass is 9.97. The van der Waals surface area contributed by atoms with Gasteiger partial charge in [-0.3, -0.25) is 0 Å². The molecule has 0 radical (unpaired) electrons. The molecule has 15 heavy (non-hydrogen) atoms. The van der Waals surface area contributed by atoms with Crippen molar-refractivity contribution in [3.05, 3.63) is 35.4 Å². The molecule has 0 amide bonds. The van der Waals surface area contributed by atoms with Gasteiger partial charge in [-0.05, 0) is 36.5 Å². The summed E-state index contributed by atoms with van der Waals surface area (Å²) in [5.74, 6) is 0. The first-order valence-electron chi connectivity index (χ1n) is 4.99. The lowest BCUT2D eigenvalue weighted by Gasteiger charge is -2.20. The third-order valence-corrected chi connectivity index (χ3v) is 3.08. The van der Waals surface area contributed by atoms with E-state index in [0.29, 0.717) is 0 Å². The van der Waals surface area contributed by atoms with Crippen LogP contribution in [0.15, 0.2) is 29.8 Å². The van der Waals surface area contributed by atoms with Crippen molar-refractivity contribution in [2.24, 2.45) is 0 Å². The zero-order valence-electron chi connectivity index (χ0n) is 8.45. The minimum Gasteiger partial charge on any atom is -0.381 e. The molecule has 1 aromatic rings. The molecular formula is C12H15Cl2N. The average Bonchev–Trinajstić information content (AvgIpc) is 2.65. The Morgan fingerprint density at radius 1 is 1.00 bits per heavy atom. The second kappa shape index (κ2) is 4.91. The van der Waals surface area contributed by atoms with Gasteiger partial charge in [0.05, 0.1) is 0 Å². The molecule has 0 aromatic heterocycles. The van der Waals surface area contributed by atoms with E-state index in [4.69, 9.17) is 0 Å². The molecule has 1 heterocycles. The largest absolute Gasteiger partial charge is 0.381 e. The summed E-state index contributed by atoms with van der Waals surface area (Å²) in [6, 6.07) is 8.65. The van der Waals surface area contributed by atoms with Crippen molar-refractivity contribution in [3.8, 4) is 0 Å². The number of para-hydroxylation sites is 1. The molecule has 1 aliphatic heterocycles. The summed E-state index contributed by atoms with van der Waals surface area (Å²) in [5, 5.41) is 3.48. The number of halogens is 2. The highest BCUT2D eigenvalue weighted by Gasteiger charge is 2.21. The summed E-state index contributed by atoms with van der Waals surface area (Å²) in [6.45, 7) is 1.08. The van der Waals surface area contributed by atoms with Gasteiger partial charge in [-0.25, -0.2) is 0 Å². The van der Waals surface area contributed by atoms with E-state index >= 15 is 0 Å². The Morgan fingerprint density at radius 2 is 1.80 bits per heavy atom. The number of hydrogen-bond acceptors (Lipinski definition) is 1. The summed E-state index contributed by atoms with van der Waals surface area (Å²) in [4.78, 5) is 0. The predicted octanol–water partition coefficient (Wildman–Crippen LogP) is 3.89. The van der Waals surface area contributed by atoms with Crippen molar-refractivity contribution < 1.29 is 0 Å². The minimum absolute atomic E-state index is 0. The van der Waals surface area contributed by atoms with E-state index in [1.807, 2.05) is 0 Å². The molecule has 0 spiro atoms. The number of anilines is 1. The molecule has 1 aromatic carbocycles. The fourth-order valence-corrected chi connectivity index (χ4v) is 2.43. The molecule has 0 unspecified atom stereocenters. The highest BCUT2D eigenvalue weighted by atomic mass is 35.5. The van der Waals surface area contributed by atoms with Gasteiger partial charge in [0.2, 0.25) is 0 Å². The van der Waals surface area contributed by atoms with Gasteiger partial charge in [0.1, 0.15) is 0 Å². The van der Waals surface area contributed by atoms with Crippen LogP contribution in [0.2, 0.25) is 0 Å². The van der Waals surface area contributed by atoms with E-state index in [0.717, 1.165) is 6.54 Å². The Bertz CT molecular complexity index is 385. The Morgan fingerprint density at radius 3 is 2.67 bits per heavy atom. The molecule has 0 fully saturated rings. The molecule has 0 saturated carbocycles. The van der Waals surface area contributed by atoms with Gasteiger partial charge in [-0.2, -0.15) is 0 Å². The van der Waals surface area contributed by atoms with Crippen LogP contribution in [0.5, 0.6) is 0 Å². The first-order valence-corrected chi connectivity index (χ1v) is 4.99. The van der Waals surface area contributed by atoms with E-state index in [9.17, 15) is 0 Å². The van der Waals surface area contributed by atoms with E-state index in [1.165, 1.54) is 30.5 Å². The third kappa shape index (κ3) is 1.99. The molecule has 2 aliphatic rings. The number of benzene rings is 1. The highest BCUT2D eigenvalue weighted by molar-refractivity contribution is 5.85. The summed E-state index contributed by atoms with van der Waals surface area (Å²) in [6.07, 6.45) is 3.94. The number of rotatable bonds is 0. The Kier molecular flexibility index (Phi) is 4.06. The quantitative estimate of drug-likeness (QED) is 0.729. The van der Waals surface area contributed by atoms with Gasteiger partial charge in [-0.15, -0.1) is 24.8 Å². The predicted molar refractivity (Wildman–Crippen MR) is 70.2 cm³/mol. The zero-order chi connectivity index (χ0) is 8.67. The highest BCUT2D eigenvalue weighted by Crippen LogP contribution is 2.39. The van der Waals surface area contributed by atoms with E-state index < -0.39 is 0 Å². The molecule has 0 saturated heterocycles. The lowest BCUT2D eigenvalue weighted by molar-refractivity contribution is 0.902. The molecule has 1 nitrogen and oxygen atoms in total. The van der Waals surface area contributed by atoms with Crippen molar-refractivity contribution in [1.82, 2.24) is 0 Å². The van der Waals surface area contributed by atoms with Crippen LogP contribution in [0.1, 0.15) is 24.8 Å². The lowest BCUT2D eigenvalue weighted by Crippen LogP contribution is -2.11. The van der Waals surface area contributed by atoms with E-state index in [-0.39, 0.29) is 24.8 Å². The van der Waals surface area contributed by atoms with Crippen LogP contribution in [0, 0.1) is 0 Å². The monoisotopic (exact) mass is 243 g/mol. The van der Waals surface area contributed by atoms with Crippen molar-refractivity contribution in [2.45, 2.75) is 19.3 Å². The van der Waals surface area contributed by atoms with Crippen LogP contribution in [-0.2, 0) is 0 Å². The van der Waals surface area contributed by atoms with E-state index in [1.54, 1.807) is 11.1 Å². The maximum atomic E-state index is 3.48. The van der Waals surface area contributed by atoms with Gasteiger partial charge in [0, 0.05) is 17.8 Å². The number of fused-ring (bicyclic) bond motifs is 2. The van der Waals surface area contributed by atoms with Crippen molar-refractivity contribution in [3.63, 3.8) is 0 Å². The number of allylic oxidation sites excluding steroid dienone is 1. The first-order chi connectivity index (χ1) is 6.45. The molecule has 3 heteroatoms. The van der Waals surface area contributed by atoms with Crippen molar-refractivity contribution >= 4 is 36.1 Å². The van der Waals surface area contributed by atoms with Crippen LogP contribution in [-0.4, -0.2) is 6.54 Å². The van der Waals surface area contributed by atoms with Crippen LogP contribution >= 0.6 is 24.8 Å². The van der Waals surface area contributed by atoms with Crippen molar-refractivity contribution in [2.75, 3.05) is 11.9 Å². The summed E-state index contributed by atoms with van der Waals surface area (Å²) < 4.78 is 0. The van der Waals surface area contributed by atoms with Gasteiger partial charge in [0.15, 0.2) is 0 Å². The van der Waals surface area contributed by atoms with Gasteiger partial charge in [0.25, 0.3) is 0 Å². The second-order valence-corrected chi connectivity index (χ2v) is 3.83. The zero-order valence-corrected chi connectivity index (χ0v) is 10.1. The normalized spacial score (nSPS) is 16.8. The number of nitrogens with one attached hydrogen (secondary N) is 1. The van der Waals surface area contributed by atoms with Gasteiger partial charge >= 0.3 is 0 Å². The topological polar surface area (TPSA) is 12.0 Å². The Hall–Kier alpha value is -0.660. The summed E-state index contributed by atoms with van der Waals surface area (Å²) in [5.41, 5.74) is 6.03. The first kappa shape index (κ1) is 12.4. The standard InChI is InChI=1S/C12H13N.2ClH/c1-2-7-12-11(5-1)10-6-3-4-9(10)8-13-12;;/h1-2,5,7,13H,3-4,6,8H2;2*1H. The van der Waals surface area contributed by atoms with E-state index in [2.05, 4.69) is 29.6 Å². The van der Waals surface area contributed by atoms with Crippen LogP contribution in [0.4, 0.5) is 5.69 Å². The summed E-state index contributed by atoms with van der Waals surface area (Å²) in [7, 11) is 0. The third-order valence-electron chi connectivity index (χ3n) is 3.08. The molecule has 1 aliphatic carbocycles. The molecule has 3 rings (SSSR count). The fraction of sp³-hybridized carbons (Fsp3) is 0.333. The SMILES string of the molecule is Cl.Cl.c1ccc2c(c1)NCC1=C2CCC1.